The summed E-state index contributed by atoms with van der Waals surface area (Å²) in [4.78, 5) is 3.20. The maximum atomic E-state index is 5.42. The molecule has 19 heavy (non-hydrogen) atoms. The lowest BCUT2D eigenvalue weighted by Crippen LogP contribution is -1.93. The van der Waals surface area contributed by atoms with E-state index in [0.29, 0.717) is 4.77 Å². The molecule has 0 saturated heterocycles. The lowest BCUT2D eigenvalue weighted by atomic mass is 10.2. The van der Waals surface area contributed by atoms with Gasteiger partial charge in [0.2, 0.25) is 0 Å². The van der Waals surface area contributed by atoms with E-state index in [1.165, 1.54) is 0 Å². The van der Waals surface area contributed by atoms with E-state index in [1.54, 1.807) is 7.11 Å². The number of benzene rings is 2. The summed E-state index contributed by atoms with van der Waals surface area (Å²) >= 11 is 8.85. The number of hydrogen-bond acceptors (Lipinski definition) is 2. The molecule has 3 aromatic rings. The van der Waals surface area contributed by atoms with Crippen LogP contribution in [0.15, 0.2) is 46.9 Å². The summed E-state index contributed by atoms with van der Waals surface area (Å²) in [6.07, 6.45) is 0. The molecule has 0 bridgehead atoms. The van der Waals surface area contributed by atoms with Crippen molar-refractivity contribution in [2.24, 2.45) is 0 Å². The fourth-order valence-corrected chi connectivity index (χ4v) is 2.69. The van der Waals surface area contributed by atoms with Gasteiger partial charge in [0.05, 0.1) is 12.6 Å². The molecule has 0 radical (unpaired) electrons. The molecule has 5 heteroatoms. The van der Waals surface area contributed by atoms with Crippen molar-refractivity contribution in [3.05, 3.63) is 51.7 Å². The molecule has 0 aliphatic carbocycles. The molecule has 0 amide bonds. The normalized spacial score (nSPS) is 10.8. The highest BCUT2D eigenvalue weighted by atomic mass is 79.9. The number of H-pyrrole nitrogens is 1. The van der Waals surface area contributed by atoms with E-state index < -0.39 is 0 Å². The molecule has 1 N–H and O–H groups in total. The van der Waals surface area contributed by atoms with Crippen LogP contribution in [0.5, 0.6) is 5.75 Å². The number of nitrogens with zero attached hydrogens (tertiary/aromatic N) is 1. The van der Waals surface area contributed by atoms with Crippen LogP contribution in [0.4, 0.5) is 0 Å². The highest BCUT2D eigenvalue weighted by molar-refractivity contribution is 9.10. The third-order valence-electron chi connectivity index (χ3n) is 2.98. The van der Waals surface area contributed by atoms with Crippen LogP contribution in [0.25, 0.3) is 16.7 Å². The second kappa shape index (κ2) is 4.83. The van der Waals surface area contributed by atoms with Gasteiger partial charge in [0, 0.05) is 10.2 Å². The van der Waals surface area contributed by atoms with Crippen molar-refractivity contribution in [3.63, 3.8) is 0 Å². The van der Waals surface area contributed by atoms with Crippen LogP contribution in [-0.2, 0) is 0 Å². The first kappa shape index (κ1) is 12.4. The Labute approximate surface area is 124 Å². The summed E-state index contributed by atoms with van der Waals surface area (Å²) in [5, 5.41) is 0. The van der Waals surface area contributed by atoms with Crippen LogP contribution in [0.3, 0.4) is 0 Å². The van der Waals surface area contributed by atoms with E-state index in [4.69, 9.17) is 17.0 Å². The molecule has 3 nitrogen and oxygen atoms in total. The smallest absolute Gasteiger partial charge is 0.182 e. The number of aromatic amines is 1. The standard InChI is InChI=1S/C14H11BrN2OS/c1-18-12-4-2-3-11-13(12)16-14(19)17(11)10-7-5-9(15)6-8-10/h2-8H,1H3,(H,16,19). The molecule has 0 fully saturated rings. The second-order valence-corrected chi connectivity index (χ2v) is 5.40. The molecule has 1 aromatic heterocycles. The number of rotatable bonds is 2. The van der Waals surface area contributed by atoms with Gasteiger partial charge in [-0.25, -0.2) is 0 Å². The number of para-hydroxylation sites is 1. The van der Waals surface area contributed by atoms with E-state index in [2.05, 4.69) is 20.9 Å². The van der Waals surface area contributed by atoms with Gasteiger partial charge in [0.15, 0.2) is 4.77 Å². The zero-order valence-electron chi connectivity index (χ0n) is 10.2. The Kier molecular flexibility index (Phi) is 3.16. The van der Waals surface area contributed by atoms with Crippen LogP contribution in [0.2, 0.25) is 0 Å². The summed E-state index contributed by atoms with van der Waals surface area (Å²) in [5.41, 5.74) is 2.94. The van der Waals surface area contributed by atoms with Crippen molar-refractivity contribution in [3.8, 4) is 11.4 Å². The van der Waals surface area contributed by atoms with E-state index >= 15 is 0 Å². The van der Waals surface area contributed by atoms with Crippen molar-refractivity contribution < 1.29 is 4.74 Å². The van der Waals surface area contributed by atoms with Crippen LogP contribution >= 0.6 is 28.1 Å². The number of methoxy groups -OCH3 is 1. The van der Waals surface area contributed by atoms with Gasteiger partial charge in [-0.2, -0.15) is 0 Å². The van der Waals surface area contributed by atoms with Crippen molar-refractivity contribution >= 4 is 39.2 Å². The first-order valence-electron chi connectivity index (χ1n) is 5.74. The Morgan fingerprint density at radius 3 is 2.58 bits per heavy atom. The molecule has 2 aromatic carbocycles. The molecule has 0 aliphatic heterocycles. The fraction of sp³-hybridized carbons (Fsp3) is 0.0714. The predicted octanol–water partition coefficient (Wildman–Crippen LogP) is 4.46. The van der Waals surface area contributed by atoms with E-state index in [-0.39, 0.29) is 0 Å². The van der Waals surface area contributed by atoms with E-state index in [9.17, 15) is 0 Å². The highest BCUT2D eigenvalue weighted by Gasteiger charge is 2.09. The lowest BCUT2D eigenvalue weighted by Gasteiger charge is -2.05. The summed E-state index contributed by atoms with van der Waals surface area (Å²) < 4.78 is 9.05. The van der Waals surface area contributed by atoms with E-state index in [1.807, 2.05) is 47.0 Å². The minimum absolute atomic E-state index is 0.654. The number of aromatic nitrogens is 2. The summed E-state index contributed by atoms with van der Waals surface area (Å²) in [6.45, 7) is 0. The summed E-state index contributed by atoms with van der Waals surface area (Å²) in [6, 6.07) is 13.9. The predicted molar refractivity (Wildman–Crippen MR) is 82.7 cm³/mol. The van der Waals surface area contributed by atoms with Gasteiger partial charge in [0.1, 0.15) is 11.3 Å². The van der Waals surface area contributed by atoms with Crippen molar-refractivity contribution in [1.29, 1.82) is 0 Å². The molecule has 0 unspecified atom stereocenters. The largest absolute Gasteiger partial charge is 0.494 e. The van der Waals surface area contributed by atoms with Crippen molar-refractivity contribution in [1.82, 2.24) is 9.55 Å². The third-order valence-corrected chi connectivity index (χ3v) is 3.80. The molecular formula is C14H11BrN2OS. The second-order valence-electron chi connectivity index (χ2n) is 4.10. The Bertz CT molecular complexity index is 789. The number of nitrogens with one attached hydrogen (secondary N) is 1. The SMILES string of the molecule is COc1cccc2c1[nH]c(=S)n2-c1ccc(Br)cc1. The van der Waals surface area contributed by atoms with Crippen LogP contribution < -0.4 is 4.74 Å². The number of fused-ring (bicyclic) bond motifs is 1. The fourth-order valence-electron chi connectivity index (χ4n) is 2.12. The number of ether oxygens (including phenoxy) is 1. The number of imidazole rings is 1. The molecule has 0 saturated carbocycles. The van der Waals surface area contributed by atoms with Gasteiger partial charge in [-0.3, -0.25) is 4.57 Å². The average molecular weight is 335 g/mol. The number of hydrogen-bond donors (Lipinski definition) is 1. The lowest BCUT2D eigenvalue weighted by molar-refractivity contribution is 0.419. The first-order chi connectivity index (χ1) is 9.20. The quantitative estimate of drug-likeness (QED) is 0.701. The third kappa shape index (κ3) is 2.09. The van der Waals surface area contributed by atoms with Crippen molar-refractivity contribution in [2.45, 2.75) is 0 Å². The average Bonchev–Trinajstić information content (AvgIpc) is 2.76. The van der Waals surface area contributed by atoms with Gasteiger partial charge in [-0.1, -0.05) is 22.0 Å². The van der Waals surface area contributed by atoms with Gasteiger partial charge >= 0.3 is 0 Å². The Balaban J connectivity index is 2.32. The molecule has 0 atom stereocenters. The first-order valence-corrected chi connectivity index (χ1v) is 6.94. The van der Waals surface area contributed by atoms with Crippen molar-refractivity contribution in [2.75, 3.05) is 7.11 Å². The molecular weight excluding hydrogens is 324 g/mol. The maximum Gasteiger partial charge on any atom is 0.182 e. The van der Waals surface area contributed by atoms with Crippen LogP contribution in [0.1, 0.15) is 0 Å². The monoisotopic (exact) mass is 334 g/mol. The van der Waals surface area contributed by atoms with Gasteiger partial charge in [-0.05, 0) is 48.6 Å². The zero-order chi connectivity index (χ0) is 13.4. The van der Waals surface area contributed by atoms with Gasteiger partial charge < -0.3 is 9.72 Å². The van der Waals surface area contributed by atoms with E-state index in [0.717, 1.165) is 26.9 Å². The Morgan fingerprint density at radius 1 is 1.16 bits per heavy atom. The van der Waals surface area contributed by atoms with Gasteiger partial charge in [-0.15, -0.1) is 0 Å². The molecule has 96 valence electrons. The summed E-state index contributed by atoms with van der Waals surface area (Å²) in [5.74, 6) is 0.791. The van der Waals surface area contributed by atoms with Crippen LogP contribution in [0, 0.1) is 4.77 Å². The summed E-state index contributed by atoms with van der Waals surface area (Å²) in [7, 11) is 1.66. The molecule has 0 aliphatic rings. The molecule has 3 rings (SSSR count). The zero-order valence-corrected chi connectivity index (χ0v) is 12.6. The Morgan fingerprint density at radius 2 is 1.89 bits per heavy atom. The molecule has 0 spiro atoms. The minimum atomic E-state index is 0.654. The topological polar surface area (TPSA) is 29.9 Å². The maximum absolute atomic E-state index is 5.42. The minimum Gasteiger partial charge on any atom is -0.494 e. The Hall–Kier alpha value is -1.59. The van der Waals surface area contributed by atoms with Crippen LogP contribution in [-0.4, -0.2) is 16.7 Å². The number of halogens is 1. The highest BCUT2D eigenvalue weighted by Crippen LogP contribution is 2.27. The van der Waals surface area contributed by atoms with Gasteiger partial charge in [0.25, 0.3) is 0 Å². The molecule has 1 heterocycles.